The molecule has 180 valence electrons. The van der Waals surface area contributed by atoms with Crippen LogP contribution in [-0.2, 0) is 16.6 Å². The number of benzene rings is 2. The minimum atomic E-state index is -3.93. The van der Waals surface area contributed by atoms with Crippen LogP contribution >= 0.6 is 11.6 Å². The van der Waals surface area contributed by atoms with Gasteiger partial charge >= 0.3 is 5.97 Å². The quantitative estimate of drug-likeness (QED) is 0.416. The Balaban J connectivity index is 2.04. The van der Waals surface area contributed by atoms with Gasteiger partial charge in [-0.1, -0.05) is 31.5 Å². The van der Waals surface area contributed by atoms with Crippen LogP contribution in [0.3, 0.4) is 0 Å². The molecule has 0 unspecified atom stereocenters. The summed E-state index contributed by atoms with van der Waals surface area (Å²) in [5.41, 5.74) is 2.80. The lowest BCUT2D eigenvalue weighted by molar-refractivity contribution is 0.0696. The molecular formula is C25H27ClN2O5S. The van der Waals surface area contributed by atoms with Gasteiger partial charge in [-0.25, -0.2) is 13.2 Å². The van der Waals surface area contributed by atoms with Gasteiger partial charge in [-0.15, -0.1) is 0 Å². The van der Waals surface area contributed by atoms with E-state index in [9.17, 15) is 18.3 Å². The number of sulfonamides is 1. The average molecular weight is 503 g/mol. The van der Waals surface area contributed by atoms with E-state index in [1.807, 2.05) is 13.8 Å². The maximum Gasteiger partial charge on any atom is 0.335 e. The Morgan fingerprint density at radius 3 is 2.47 bits per heavy atom. The van der Waals surface area contributed by atoms with Crippen molar-refractivity contribution >= 4 is 33.3 Å². The van der Waals surface area contributed by atoms with Crippen LogP contribution < -0.4 is 9.04 Å². The minimum absolute atomic E-state index is 0.0288. The fourth-order valence-corrected chi connectivity index (χ4v) is 5.14. The number of pyridine rings is 1. The van der Waals surface area contributed by atoms with Crippen LogP contribution in [-0.4, -0.2) is 31.0 Å². The second-order valence-electron chi connectivity index (χ2n) is 8.42. The van der Waals surface area contributed by atoms with Gasteiger partial charge in [0.2, 0.25) is 0 Å². The molecule has 0 bridgehead atoms. The normalized spacial score (nSPS) is 11.5. The summed E-state index contributed by atoms with van der Waals surface area (Å²) < 4.78 is 34.6. The van der Waals surface area contributed by atoms with Gasteiger partial charge in [-0.3, -0.25) is 9.29 Å². The number of hydrogen-bond acceptors (Lipinski definition) is 5. The lowest BCUT2D eigenvalue weighted by atomic mass is 10.1. The molecule has 1 N–H and O–H groups in total. The first-order valence-corrected chi connectivity index (χ1v) is 12.5. The van der Waals surface area contributed by atoms with Crippen molar-refractivity contribution in [3.63, 3.8) is 0 Å². The largest absolute Gasteiger partial charge is 0.487 e. The number of nitrogens with zero attached hydrogens (tertiary/aromatic N) is 2. The van der Waals surface area contributed by atoms with E-state index in [1.165, 1.54) is 28.8 Å². The Bertz CT molecular complexity index is 1290. The zero-order chi connectivity index (χ0) is 25.0. The molecule has 7 nitrogen and oxygen atoms in total. The molecule has 0 spiro atoms. The van der Waals surface area contributed by atoms with Crippen molar-refractivity contribution < 1.29 is 23.1 Å². The molecule has 0 atom stereocenters. The Labute approximate surface area is 205 Å². The molecule has 0 saturated carbocycles. The van der Waals surface area contributed by atoms with Crippen LogP contribution in [0.25, 0.3) is 0 Å². The molecule has 0 amide bonds. The highest BCUT2D eigenvalue weighted by molar-refractivity contribution is 7.92. The van der Waals surface area contributed by atoms with Crippen LogP contribution in [0.15, 0.2) is 59.8 Å². The molecule has 0 aliphatic heterocycles. The van der Waals surface area contributed by atoms with Gasteiger partial charge in [-0.05, 0) is 66.8 Å². The summed E-state index contributed by atoms with van der Waals surface area (Å²) in [6, 6.07) is 11.2. The molecule has 1 aromatic heterocycles. The van der Waals surface area contributed by atoms with Gasteiger partial charge in [0.1, 0.15) is 17.3 Å². The molecule has 3 rings (SSSR count). The number of carbonyl (C=O) groups is 1. The second-order valence-corrected chi connectivity index (χ2v) is 10.7. The molecule has 0 radical (unpaired) electrons. The second kappa shape index (κ2) is 10.4. The predicted octanol–water partition coefficient (Wildman–Crippen LogP) is 5.48. The van der Waals surface area contributed by atoms with Gasteiger partial charge in [0.25, 0.3) is 10.0 Å². The summed E-state index contributed by atoms with van der Waals surface area (Å²) >= 11 is 6.37. The van der Waals surface area contributed by atoms with Crippen molar-refractivity contribution in [2.24, 2.45) is 5.92 Å². The number of aryl methyl sites for hydroxylation is 2. The number of carboxylic acids is 1. The van der Waals surface area contributed by atoms with Gasteiger partial charge in [0, 0.05) is 30.0 Å². The predicted molar refractivity (Wildman–Crippen MR) is 132 cm³/mol. The summed E-state index contributed by atoms with van der Waals surface area (Å²) in [7, 11) is -3.93. The van der Waals surface area contributed by atoms with Gasteiger partial charge < -0.3 is 9.84 Å². The fourth-order valence-electron chi connectivity index (χ4n) is 3.39. The number of carboxylic acid groups (broad SMARTS) is 1. The Kier molecular flexibility index (Phi) is 7.84. The van der Waals surface area contributed by atoms with Crippen molar-refractivity contribution in [3.05, 3.63) is 82.1 Å². The zero-order valence-electron chi connectivity index (χ0n) is 19.4. The molecule has 0 aliphatic carbocycles. The van der Waals surface area contributed by atoms with Crippen molar-refractivity contribution in [1.29, 1.82) is 0 Å². The maximum absolute atomic E-state index is 13.6. The monoisotopic (exact) mass is 502 g/mol. The topological polar surface area (TPSA) is 96.8 Å². The summed E-state index contributed by atoms with van der Waals surface area (Å²) in [4.78, 5) is 15.3. The molecule has 9 heteroatoms. The van der Waals surface area contributed by atoms with E-state index in [2.05, 4.69) is 4.98 Å². The van der Waals surface area contributed by atoms with Crippen molar-refractivity contribution in [1.82, 2.24) is 4.98 Å². The first kappa shape index (κ1) is 25.5. The van der Waals surface area contributed by atoms with E-state index in [-0.39, 0.29) is 29.5 Å². The lowest BCUT2D eigenvalue weighted by Crippen LogP contribution is -2.34. The highest BCUT2D eigenvalue weighted by atomic mass is 35.5. The molecule has 3 aromatic rings. The highest BCUT2D eigenvalue weighted by Gasteiger charge is 2.29. The highest BCUT2D eigenvalue weighted by Crippen LogP contribution is 2.38. The smallest absolute Gasteiger partial charge is 0.335 e. The maximum atomic E-state index is 13.6. The molecular weight excluding hydrogens is 476 g/mol. The number of hydrogen-bond donors (Lipinski definition) is 1. The van der Waals surface area contributed by atoms with E-state index in [4.69, 9.17) is 16.3 Å². The third-order valence-corrected chi connectivity index (χ3v) is 7.41. The summed E-state index contributed by atoms with van der Waals surface area (Å²) in [6.07, 6.45) is 2.84. The first-order valence-electron chi connectivity index (χ1n) is 10.7. The van der Waals surface area contributed by atoms with E-state index in [1.54, 1.807) is 44.2 Å². The van der Waals surface area contributed by atoms with Crippen molar-refractivity contribution in [3.8, 4) is 5.75 Å². The van der Waals surface area contributed by atoms with Crippen LogP contribution in [0.4, 0.5) is 5.69 Å². The van der Waals surface area contributed by atoms with Crippen LogP contribution in [0.1, 0.15) is 40.9 Å². The number of aromatic nitrogens is 1. The van der Waals surface area contributed by atoms with E-state index < -0.39 is 16.0 Å². The van der Waals surface area contributed by atoms with Crippen LogP contribution in [0, 0.1) is 19.8 Å². The molecule has 34 heavy (non-hydrogen) atoms. The number of aromatic carboxylic acids is 1. The van der Waals surface area contributed by atoms with Gasteiger partial charge in [-0.2, -0.15) is 0 Å². The number of rotatable bonds is 9. The number of ether oxygens (including phenoxy) is 1. The third-order valence-electron chi connectivity index (χ3n) is 5.23. The fraction of sp³-hybridized carbons (Fsp3) is 0.280. The van der Waals surface area contributed by atoms with E-state index in [0.717, 1.165) is 11.1 Å². The van der Waals surface area contributed by atoms with Gasteiger partial charge in [0.15, 0.2) is 0 Å². The van der Waals surface area contributed by atoms with Crippen LogP contribution in [0.2, 0.25) is 5.02 Å². The lowest BCUT2D eigenvalue weighted by Gasteiger charge is -2.28. The molecule has 0 saturated heterocycles. The SMILES string of the molecule is Cc1cc(N(CC(C)C)S(=O)(=O)c2cccnc2)c(OCc2ccc(C(=O)O)cc2C)cc1Cl. The first-order chi connectivity index (χ1) is 16.0. The zero-order valence-corrected chi connectivity index (χ0v) is 21.0. The molecule has 2 aromatic carbocycles. The minimum Gasteiger partial charge on any atom is -0.487 e. The summed E-state index contributed by atoms with van der Waals surface area (Å²) in [5, 5.41) is 9.64. The van der Waals surface area contributed by atoms with E-state index in [0.29, 0.717) is 22.0 Å². The molecule has 0 aliphatic rings. The van der Waals surface area contributed by atoms with E-state index >= 15 is 0 Å². The summed E-state index contributed by atoms with van der Waals surface area (Å²) in [5.74, 6) is -0.667. The Morgan fingerprint density at radius 2 is 1.88 bits per heavy atom. The molecule has 1 heterocycles. The van der Waals surface area contributed by atoms with Crippen LogP contribution in [0.5, 0.6) is 5.75 Å². The number of halogens is 1. The Hall–Kier alpha value is -3.10. The van der Waals surface area contributed by atoms with Gasteiger partial charge in [0.05, 0.1) is 11.3 Å². The van der Waals surface area contributed by atoms with Crippen molar-refractivity contribution in [2.75, 3.05) is 10.8 Å². The Morgan fingerprint density at radius 1 is 1.15 bits per heavy atom. The average Bonchev–Trinajstić information content (AvgIpc) is 2.79. The van der Waals surface area contributed by atoms with Crippen molar-refractivity contribution in [2.45, 2.75) is 39.2 Å². The third kappa shape index (κ3) is 5.69. The summed E-state index contributed by atoms with van der Waals surface area (Å²) in [6.45, 7) is 7.80. The number of anilines is 1. The molecule has 0 fully saturated rings. The standard InChI is InChI=1S/C25H27ClN2O5S/c1-16(2)14-28(34(31,32)21-6-5-9-27-13-21)23-11-18(4)22(26)12-24(23)33-15-20-8-7-19(25(29)30)10-17(20)3/h5-13,16H,14-15H2,1-4H3,(H,29,30).